The minimum Gasteiger partial charge on any atom is -0.462 e. The van der Waals surface area contributed by atoms with E-state index in [-0.39, 0.29) is 37.8 Å². The number of thiophene rings is 1. The molecule has 0 amide bonds. The van der Waals surface area contributed by atoms with Crippen molar-refractivity contribution in [1.29, 1.82) is 0 Å². The second-order valence-corrected chi connectivity index (χ2v) is 11.4. The molecule has 0 radical (unpaired) electrons. The highest BCUT2D eigenvalue weighted by Gasteiger charge is 2.26. The van der Waals surface area contributed by atoms with Crippen LogP contribution in [0.25, 0.3) is 0 Å². The molecule has 0 fully saturated rings. The van der Waals surface area contributed by atoms with E-state index in [1.54, 1.807) is 18.4 Å². The zero-order valence-corrected chi connectivity index (χ0v) is 20.2. The lowest BCUT2D eigenvalue weighted by atomic mass is 10.3. The topological polar surface area (TPSA) is 132 Å². The third-order valence-corrected chi connectivity index (χ3v) is 8.76. The van der Waals surface area contributed by atoms with Crippen LogP contribution in [-0.4, -0.2) is 34.4 Å². The molecule has 170 valence electrons. The van der Waals surface area contributed by atoms with E-state index in [1.165, 1.54) is 24.4 Å². The molecule has 0 atom stereocenters. The van der Waals surface area contributed by atoms with E-state index in [2.05, 4.69) is 14.4 Å². The van der Waals surface area contributed by atoms with Crippen LogP contribution in [0.3, 0.4) is 0 Å². The molecule has 0 saturated heterocycles. The lowest BCUT2D eigenvalue weighted by Crippen LogP contribution is -2.20. The number of esters is 1. The number of carbonyl (C=O) groups is 1. The van der Waals surface area contributed by atoms with E-state index in [1.807, 2.05) is 0 Å². The van der Waals surface area contributed by atoms with Gasteiger partial charge in [-0.25, -0.2) is 21.6 Å². The normalized spacial score (nSPS) is 11.7. The molecule has 2 N–H and O–H groups in total. The summed E-state index contributed by atoms with van der Waals surface area (Å²) in [5.74, 6) is -0.858. The predicted molar refractivity (Wildman–Crippen MR) is 123 cm³/mol. The summed E-state index contributed by atoms with van der Waals surface area (Å²) in [5.41, 5.74) is -0.619. The zero-order chi connectivity index (χ0) is 23.5. The first-order valence-corrected chi connectivity index (χ1v) is 13.3. The van der Waals surface area contributed by atoms with Gasteiger partial charge in [-0.2, -0.15) is 0 Å². The summed E-state index contributed by atoms with van der Waals surface area (Å²) < 4.78 is 60.8. The molecule has 0 saturated carbocycles. The van der Waals surface area contributed by atoms with Gasteiger partial charge in [-0.1, -0.05) is 29.3 Å². The molecule has 9 nitrogen and oxygen atoms in total. The maximum absolute atomic E-state index is 13.1. The van der Waals surface area contributed by atoms with Crippen LogP contribution < -0.4 is 9.44 Å². The Bertz CT molecular complexity index is 1360. The lowest BCUT2D eigenvalue weighted by Gasteiger charge is -2.16. The van der Waals surface area contributed by atoms with E-state index in [0.717, 1.165) is 23.6 Å². The van der Waals surface area contributed by atoms with Gasteiger partial charge in [0.15, 0.2) is 0 Å². The number of carbonyl (C=O) groups excluding carboxylic acids is 1. The second-order valence-electron chi connectivity index (χ2n) is 6.05. The first-order chi connectivity index (χ1) is 15.0. The highest BCUT2D eigenvalue weighted by atomic mass is 35.5. The summed E-state index contributed by atoms with van der Waals surface area (Å²) in [6.45, 7) is 1.61. The second kappa shape index (κ2) is 9.63. The average molecular weight is 536 g/mol. The fraction of sp³-hybridized carbons (Fsp3) is 0.111. The van der Waals surface area contributed by atoms with Crippen molar-refractivity contribution in [3.63, 3.8) is 0 Å². The van der Waals surface area contributed by atoms with Gasteiger partial charge < -0.3 is 4.74 Å². The summed E-state index contributed by atoms with van der Waals surface area (Å²) in [6.07, 6.45) is 2.21. The maximum atomic E-state index is 13.1. The van der Waals surface area contributed by atoms with Gasteiger partial charge in [0.2, 0.25) is 0 Å². The monoisotopic (exact) mass is 535 g/mol. The van der Waals surface area contributed by atoms with E-state index in [4.69, 9.17) is 27.9 Å². The maximum Gasteiger partial charge on any atom is 0.339 e. The summed E-state index contributed by atoms with van der Waals surface area (Å²) in [6, 6.07) is 6.45. The standard InChI is InChI=1S/C18H15Cl2N3O6S3/c1-2-29-18(24)11-5-6-21-10-16(11)31(25,26)22-14-8-12(19)13(20)9-15(14)23-32(27,28)17-4-3-7-30-17/h3-10,22-23H,2H2,1H3. The van der Waals surface area contributed by atoms with Gasteiger partial charge in [-0.05, 0) is 36.6 Å². The predicted octanol–water partition coefficient (Wildman–Crippen LogP) is 4.23. The van der Waals surface area contributed by atoms with Gasteiger partial charge in [0.25, 0.3) is 20.0 Å². The Morgan fingerprint density at radius 3 is 2.25 bits per heavy atom. The van der Waals surface area contributed by atoms with E-state index < -0.39 is 30.9 Å². The smallest absolute Gasteiger partial charge is 0.339 e. The number of anilines is 2. The molecule has 0 bridgehead atoms. The number of aromatic nitrogens is 1. The highest BCUT2D eigenvalue weighted by molar-refractivity contribution is 7.94. The number of halogens is 2. The molecule has 2 aromatic heterocycles. The van der Waals surface area contributed by atoms with Gasteiger partial charge in [0.05, 0.1) is 33.6 Å². The highest BCUT2D eigenvalue weighted by Crippen LogP contribution is 2.35. The quantitative estimate of drug-likeness (QED) is 0.412. The summed E-state index contributed by atoms with van der Waals surface area (Å²) >= 11 is 13.0. The molecule has 0 aliphatic heterocycles. The molecule has 3 rings (SSSR count). The first-order valence-electron chi connectivity index (χ1n) is 8.74. The number of ether oxygens (including phenoxy) is 1. The molecule has 3 aromatic rings. The average Bonchev–Trinajstić information content (AvgIpc) is 3.27. The number of nitrogens with zero attached hydrogens (tertiary/aromatic N) is 1. The molecule has 2 heterocycles. The largest absolute Gasteiger partial charge is 0.462 e. The van der Waals surface area contributed by atoms with Crippen molar-refractivity contribution >= 4 is 71.9 Å². The van der Waals surface area contributed by atoms with Crippen LogP contribution in [-0.2, 0) is 24.8 Å². The van der Waals surface area contributed by atoms with Crippen LogP contribution in [0.2, 0.25) is 10.0 Å². The SMILES string of the molecule is CCOC(=O)c1ccncc1S(=O)(=O)Nc1cc(Cl)c(Cl)cc1NS(=O)(=O)c1cccs1. The van der Waals surface area contributed by atoms with Crippen molar-refractivity contribution in [2.45, 2.75) is 16.0 Å². The first kappa shape index (κ1) is 24.3. The molecular formula is C18H15Cl2N3O6S3. The van der Waals surface area contributed by atoms with Crippen molar-refractivity contribution in [3.05, 3.63) is 63.7 Å². The molecule has 32 heavy (non-hydrogen) atoms. The van der Waals surface area contributed by atoms with Crippen molar-refractivity contribution < 1.29 is 26.4 Å². The number of hydrogen-bond donors (Lipinski definition) is 2. The van der Waals surface area contributed by atoms with Crippen LogP contribution in [0.1, 0.15) is 17.3 Å². The van der Waals surface area contributed by atoms with Gasteiger partial charge >= 0.3 is 5.97 Å². The number of benzene rings is 1. The Morgan fingerprint density at radius 2 is 1.69 bits per heavy atom. The lowest BCUT2D eigenvalue weighted by molar-refractivity contribution is 0.0521. The van der Waals surface area contributed by atoms with Crippen LogP contribution in [0.4, 0.5) is 11.4 Å². The Balaban J connectivity index is 2.04. The van der Waals surface area contributed by atoms with Crippen LogP contribution in [0, 0.1) is 0 Å². The van der Waals surface area contributed by atoms with Crippen molar-refractivity contribution in [1.82, 2.24) is 4.98 Å². The summed E-state index contributed by atoms with van der Waals surface area (Å²) in [4.78, 5) is 15.5. The Kier molecular flexibility index (Phi) is 7.30. The van der Waals surface area contributed by atoms with Gasteiger partial charge in [0, 0.05) is 12.4 Å². The fourth-order valence-corrected chi connectivity index (χ4v) is 6.10. The Labute approximate surface area is 198 Å². The van der Waals surface area contributed by atoms with Crippen molar-refractivity contribution in [2.24, 2.45) is 0 Å². The number of hydrogen-bond acceptors (Lipinski definition) is 8. The molecule has 14 heteroatoms. The van der Waals surface area contributed by atoms with E-state index in [0.29, 0.717) is 0 Å². The number of rotatable bonds is 8. The molecule has 1 aromatic carbocycles. The number of pyridine rings is 1. The molecule has 0 aliphatic rings. The zero-order valence-electron chi connectivity index (χ0n) is 16.2. The van der Waals surface area contributed by atoms with Crippen molar-refractivity contribution in [2.75, 3.05) is 16.1 Å². The van der Waals surface area contributed by atoms with Gasteiger partial charge in [0.1, 0.15) is 9.10 Å². The van der Waals surface area contributed by atoms with Gasteiger partial charge in [-0.3, -0.25) is 14.4 Å². The third kappa shape index (κ3) is 5.33. The Hall–Kier alpha value is -2.38. The minimum absolute atomic E-state index is 0.00733. The number of nitrogens with one attached hydrogen (secondary N) is 2. The van der Waals surface area contributed by atoms with E-state index in [9.17, 15) is 21.6 Å². The van der Waals surface area contributed by atoms with Crippen LogP contribution >= 0.6 is 34.5 Å². The van der Waals surface area contributed by atoms with Crippen LogP contribution in [0.15, 0.2) is 57.2 Å². The van der Waals surface area contributed by atoms with Gasteiger partial charge in [-0.15, -0.1) is 11.3 Å². The summed E-state index contributed by atoms with van der Waals surface area (Å²) in [5, 5.41) is 1.54. The Morgan fingerprint density at radius 1 is 1.06 bits per heavy atom. The van der Waals surface area contributed by atoms with E-state index >= 15 is 0 Å². The minimum atomic E-state index is -4.42. The molecule has 0 spiro atoms. The molecule has 0 unspecified atom stereocenters. The molecule has 0 aliphatic carbocycles. The third-order valence-electron chi connectivity index (χ3n) is 3.88. The van der Waals surface area contributed by atoms with Crippen LogP contribution in [0.5, 0.6) is 0 Å². The summed E-state index contributed by atoms with van der Waals surface area (Å²) in [7, 11) is -8.44. The van der Waals surface area contributed by atoms with Crippen molar-refractivity contribution in [3.8, 4) is 0 Å². The number of sulfonamides is 2. The fourth-order valence-electron chi connectivity index (χ4n) is 2.50. The molecular weight excluding hydrogens is 521 g/mol.